The second-order valence-corrected chi connectivity index (χ2v) is 11.3. The summed E-state index contributed by atoms with van der Waals surface area (Å²) in [5.41, 5.74) is 0.0931. The third kappa shape index (κ3) is 3.47. The lowest BCUT2D eigenvalue weighted by Gasteiger charge is -2.58. The monoisotopic (exact) mass is 421 g/mol. The molecule has 4 bridgehead atoms. The minimum atomic E-state index is -3.58. The number of hydrogen-bond acceptors (Lipinski definition) is 7. The van der Waals surface area contributed by atoms with E-state index in [2.05, 4.69) is 15.3 Å². The van der Waals surface area contributed by atoms with Gasteiger partial charge in [0.25, 0.3) is 5.91 Å². The van der Waals surface area contributed by atoms with Gasteiger partial charge >= 0.3 is 0 Å². The van der Waals surface area contributed by atoms with Gasteiger partial charge in [0.05, 0.1) is 16.9 Å². The zero-order chi connectivity index (χ0) is 20.4. The third-order valence-corrected chi connectivity index (χ3v) is 8.01. The summed E-state index contributed by atoms with van der Waals surface area (Å²) >= 11 is 0. The highest BCUT2D eigenvalue weighted by molar-refractivity contribution is 7.90. The average molecular weight is 422 g/mol. The number of aliphatic hydroxyl groups is 1. The van der Waals surface area contributed by atoms with Crippen LogP contribution in [-0.2, 0) is 14.6 Å². The highest BCUT2D eigenvalue weighted by Gasteiger charge is 2.55. The number of aromatic nitrogens is 2. The van der Waals surface area contributed by atoms with Gasteiger partial charge in [0.2, 0.25) is 15.0 Å². The summed E-state index contributed by atoms with van der Waals surface area (Å²) in [5.74, 6) is 0.862. The van der Waals surface area contributed by atoms with Crippen LogP contribution in [0.1, 0.15) is 67.1 Å². The van der Waals surface area contributed by atoms with Crippen molar-refractivity contribution in [3.05, 3.63) is 17.5 Å². The molecule has 0 radical (unpaired) electrons. The van der Waals surface area contributed by atoms with E-state index in [-0.39, 0.29) is 34.5 Å². The molecule has 2 unspecified atom stereocenters. The van der Waals surface area contributed by atoms with Crippen LogP contribution in [-0.4, -0.2) is 53.9 Å². The van der Waals surface area contributed by atoms with E-state index in [1.807, 2.05) is 0 Å². The van der Waals surface area contributed by atoms with Crippen LogP contribution in [0.3, 0.4) is 0 Å². The highest BCUT2D eigenvalue weighted by atomic mass is 32.2. The predicted octanol–water partition coefficient (Wildman–Crippen LogP) is 1.40. The summed E-state index contributed by atoms with van der Waals surface area (Å²) in [6.45, 7) is 0.566. The number of carbonyl (C=O) groups is 1. The first kappa shape index (κ1) is 19.4. The van der Waals surface area contributed by atoms with Crippen molar-refractivity contribution in [1.29, 1.82) is 0 Å². The molecular weight excluding hydrogens is 394 g/mol. The molecule has 5 aliphatic rings. The number of rotatable bonds is 4. The van der Waals surface area contributed by atoms with Gasteiger partial charge in [-0.1, -0.05) is 0 Å². The van der Waals surface area contributed by atoms with E-state index >= 15 is 0 Å². The van der Waals surface area contributed by atoms with Crippen molar-refractivity contribution < 1.29 is 23.1 Å². The predicted molar refractivity (Wildman–Crippen MR) is 103 cm³/mol. The van der Waals surface area contributed by atoms with Crippen molar-refractivity contribution in [2.24, 2.45) is 17.8 Å². The molecule has 0 spiro atoms. The first-order valence-corrected chi connectivity index (χ1v) is 12.3. The van der Waals surface area contributed by atoms with E-state index in [9.17, 15) is 18.3 Å². The van der Waals surface area contributed by atoms with Crippen LogP contribution in [0.25, 0.3) is 0 Å². The SMILES string of the molecule is CS(=O)(=O)c1ncc(C(=O)N[C@H]2C3CC4CC2C[C@@](O)(C4)C3)c([C@H]2CCCO2)n1. The fourth-order valence-electron chi connectivity index (χ4n) is 6.22. The summed E-state index contributed by atoms with van der Waals surface area (Å²) in [6, 6.07) is 0.0336. The molecule has 0 aromatic carbocycles. The molecule has 4 saturated carbocycles. The van der Waals surface area contributed by atoms with Crippen LogP contribution in [0, 0.1) is 17.8 Å². The van der Waals surface area contributed by atoms with Crippen LogP contribution in [0.5, 0.6) is 0 Å². The Kier molecular flexibility index (Phi) is 4.49. The normalized spacial score (nSPS) is 38.3. The molecule has 1 aromatic heterocycles. The molecule has 1 aliphatic heterocycles. The molecule has 158 valence electrons. The maximum Gasteiger partial charge on any atom is 0.255 e. The summed E-state index contributed by atoms with van der Waals surface area (Å²) in [4.78, 5) is 21.4. The van der Waals surface area contributed by atoms with Gasteiger partial charge in [-0.25, -0.2) is 18.4 Å². The molecule has 9 heteroatoms. The Bertz CT molecular complexity index is 927. The Morgan fingerprint density at radius 1 is 1.28 bits per heavy atom. The largest absolute Gasteiger partial charge is 0.390 e. The second-order valence-electron chi connectivity index (χ2n) is 9.42. The lowest BCUT2D eigenvalue weighted by molar-refractivity contribution is -0.136. The minimum Gasteiger partial charge on any atom is -0.390 e. The van der Waals surface area contributed by atoms with Crippen LogP contribution in [0.15, 0.2) is 11.4 Å². The maximum absolute atomic E-state index is 13.2. The van der Waals surface area contributed by atoms with Gasteiger partial charge < -0.3 is 15.2 Å². The third-order valence-electron chi connectivity index (χ3n) is 7.15. The Hall–Kier alpha value is -1.58. The number of sulfone groups is 1. The molecule has 4 aliphatic carbocycles. The second kappa shape index (κ2) is 6.72. The van der Waals surface area contributed by atoms with Crippen molar-refractivity contribution in [1.82, 2.24) is 15.3 Å². The highest BCUT2D eigenvalue weighted by Crippen LogP contribution is 2.55. The number of ether oxygens (including phenoxy) is 1. The smallest absolute Gasteiger partial charge is 0.255 e. The first-order valence-electron chi connectivity index (χ1n) is 10.4. The van der Waals surface area contributed by atoms with E-state index in [1.165, 1.54) is 6.20 Å². The van der Waals surface area contributed by atoms with Crippen LogP contribution in [0.4, 0.5) is 0 Å². The van der Waals surface area contributed by atoms with E-state index in [0.717, 1.165) is 44.8 Å². The lowest BCUT2D eigenvalue weighted by Crippen LogP contribution is -2.61. The fraction of sp³-hybridized carbons (Fsp3) is 0.750. The molecule has 1 aromatic rings. The Morgan fingerprint density at radius 2 is 2.00 bits per heavy atom. The summed E-state index contributed by atoms with van der Waals surface area (Å²) in [5, 5.41) is 13.7. The molecule has 8 nitrogen and oxygen atoms in total. The zero-order valence-electron chi connectivity index (χ0n) is 16.5. The number of carbonyl (C=O) groups excluding carboxylic acids is 1. The van der Waals surface area contributed by atoms with Gasteiger partial charge in [-0.3, -0.25) is 4.79 Å². The van der Waals surface area contributed by atoms with E-state index in [0.29, 0.717) is 24.6 Å². The first-order chi connectivity index (χ1) is 13.7. The summed E-state index contributed by atoms with van der Waals surface area (Å²) in [7, 11) is -3.58. The van der Waals surface area contributed by atoms with Crippen molar-refractivity contribution >= 4 is 15.7 Å². The van der Waals surface area contributed by atoms with Gasteiger partial charge in [0.1, 0.15) is 6.10 Å². The van der Waals surface area contributed by atoms with E-state index < -0.39 is 21.5 Å². The number of hydrogen-bond donors (Lipinski definition) is 2. The molecule has 6 rings (SSSR count). The summed E-state index contributed by atoms with van der Waals surface area (Å²) < 4.78 is 29.5. The van der Waals surface area contributed by atoms with Crippen molar-refractivity contribution in [3.63, 3.8) is 0 Å². The molecule has 2 heterocycles. The Labute approximate surface area is 170 Å². The molecule has 5 fully saturated rings. The molecule has 3 atom stereocenters. The minimum absolute atomic E-state index is 0.0336. The van der Waals surface area contributed by atoms with Crippen molar-refractivity contribution in [2.75, 3.05) is 12.9 Å². The van der Waals surface area contributed by atoms with Gasteiger partial charge in [0, 0.05) is 25.1 Å². The lowest BCUT2D eigenvalue weighted by atomic mass is 9.52. The molecule has 1 amide bonds. The summed E-state index contributed by atoms with van der Waals surface area (Å²) in [6.07, 6.45) is 8.00. The van der Waals surface area contributed by atoms with E-state index in [1.54, 1.807) is 0 Å². The standard InChI is InChI=1S/C20H27N3O5S/c1-29(26,27)19-21-10-14(17(23-19)15-3-2-4-28-15)18(24)22-16-12-5-11-6-13(16)9-20(25,7-11)8-12/h10-13,15-16,25H,2-9H2,1H3,(H,22,24)/t11?,12?,13?,15-,16-,20+/m1/s1. The fourth-order valence-corrected chi connectivity index (χ4v) is 6.72. The van der Waals surface area contributed by atoms with Gasteiger partial charge in [-0.05, 0) is 62.7 Å². The zero-order valence-corrected chi connectivity index (χ0v) is 17.3. The topological polar surface area (TPSA) is 118 Å². The van der Waals surface area contributed by atoms with Gasteiger partial charge in [-0.2, -0.15) is 0 Å². The van der Waals surface area contributed by atoms with E-state index in [4.69, 9.17) is 4.74 Å². The molecule has 1 saturated heterocycles. The quantitative estimate of drug-likeness (QED) is 0.706. The van der Waals surface area contributed by atoms with Crippen LogP contribution < -0.4 is 5.32 Å². The molecular formula is C20H27N3O5S. The van der Waals surface area contributed by atoms with Crippen molar-refractivity contribution in [3.8, 4) is 0 Å². The Morgan fingerprint density at radius 3 is 2.59 bits per heavy atom. The molecule has 2 N–H and O–H groups in total. The number of nitrogens with zero attached hydrogens (tertiary/aromatic N) is 2. The van der Waals surface area contributed by atoms with Gasteiger partial charge in [-0.15, -0.1) is 0 Å². The number of amides is 1. The maximum atomic E-state index is 13.2. The Balaban J connectivity index is 1.42. The number of nitrogens with one attached hydrogen (secondary N) is 1. The van der Waals surface area contributed by atoms with Crippen molar-refractivity contribution in [2.45, 2.75) is 67.8 Å². The van der Waals surface area contributed by atoms with Crippen LogP contribution >= 0.6 is 0 Å². The molecule has 29 heavy (non-hydrogen) atoms. The average Bonchev–Trinajstić information content (AvgIpc) is 3.16. The van der Waals surface area contributed by atoms with Gasteiger partial charge in [0.15, 0.2) is 0 Å². The van der Waals surface area contributed by atoms with Crippen LogP contribution in [0.2, 0.25) is 0 Å².